The van der Waals surface area contributed by atoms with Crippen LogP contribution in [0.3, 0.4) is 0 Å². The van der Waals surface area contributed by atoms with Crippen LogP contribution in [0.5, 0.6) is 5.75 Å². The predicted octanol–water partition coefficient (Wildman–Crippen LogP) is 4.08. The molecule has 1 aliphatic heterocycles. The Morgan fingerprint density at radius 3 is 3.04 bits per heavy atom. The number of thioether (sulfide) groups is 1. The van der Waals surface area contributed by atoms with E-state index in [1.807, 2.05) is 6.07 Å². The second-order valence-corrected chi connectivity index (χ2v) is 8.77. The van der Waals surface area contributed by atoms with Gasteiger partial charge in [-0.05, 0) is 73.5 Å². The Hall–Kier alpha value is -1.98. The summed E-state index contributed by atoms with van der Waals surface area (Å²) >= 11 is 1.71. The fourth-order valence-electron chi connectivity index (χ4n) is 4.39. The normalized spacial score (nSPS) is 18.4. The van der Waals surface area contributed by atoms with Crippen LogP contribution in [0.2, 0.25) is 0 Å². The second kappa shape index (κ2) is 8.58. The van der Waals surface area contributed by atoms with E-state index in [4.69, 9.17) is 4.74 Å². The predicted molar refractivity (Wildman–Crippen MR) is 115 cm³/mol. The molecule has 1 unspecified atom stereocenters. The van der Waals surface area contributed by atoms with Crippen molar-refractivity contribution in [2.45, 2.75) is 36.5 Å². The molecule has 4 rings (SSSR count). The molecule has 0 fully saturated rings. The van der Waals surface area contributed by atoms with E-state index >= 15 is 0 Å². The van der Waals surface area contributed by atoms with Crippen LogP contribution < -0.4 is 10.1 Å². The van der Waals surface area contributed by atoms with Gasteiger partial charge in [0.25, 0.3) is 5.91 Å². The number of rotatable bonds is 6. The van der Waals surface area contributed by atoms with Crippen LogP contribution in [-0.2, 0) is 12.8 Å². The number of fused-ring (bicyclic) bond motifs is 2. The lowest BCUT2D eigenvalue weighted by Crippen LogP contribution is -2.29. The average Bonchev–Trinajstić information content (AvgIpc) is 2.72. The minimum Gasteiger partial charge on any atom is -0.496 e. The Kier molecular flexibility index (Phi) is 5.93. The van der Waals surface area contributed by atoms with Crippen molar-refractivity contribution in [3.63, 3.8) is 0 Å². The summed E-state index contributed by atoms with van der Waals surface area (Å²) in [5.74, 6) is 2.33. The lowest BCUT2D eigenvalue weighted by atomic mass is 9.82. The molecule has 1 heterocycles. The number of carbonyl (C=O) groups excluding carboxylic acids is 1. The fraction of sp³-hybridized carbons (Fsp3) is 0.435. The molecule has 4 nitrogen and oxygen atoms in total. The zero-order valence-electron chi connectivity index (χ0n) is 16.7. The van der Waals surface area contributed by atoms with E-state index < -0.39 is 0 Å². The third kappa shape index (κ3) is 4.06. The Labute approximate surface area is 171 Å². The molecule has 2 aromatic carbocycles. The molecule has 0 bridgehead atoms. The molecule has 0 spiro atoms. The zero-order valence-corrected chi connectivity index (χ0v) is 17.5. The summed E-state index contributed by atoms with van der Waals surface area (Å²) in [6.07, 6.45) is 4.61. The van der Waals surface area contributed by atoms with E-state index in [-0.39, 0.29) is 5.91 Å². The van der Waals surface area contributed by atoms with Gasteiger partial charge in [-0.3, -0.25) is 4.79 Å². The molecule has 148 valence electrons. The molecule has 28 heavy (non-hydrogen) atoms. The number of ether oxygens (including phenoxy) is 1. The molecule has 1 amide bonds. The Morgan fingerprint density at radius 1 is 1.29 bits per heavy atom. The van der Waals surface area contributed by atoms with Crippen LogP contribution in [0.4, 0.5) is 0 Å². The smallest absolute Gasteiger partial charge is 0.253 e. The van der Waals surface area contributed by atoms with Gasteiger partial charge in [-0.25, -0.2) is 0 Å². The first-order valence-corrected chi connectivity index (χ1v) is 11.0. The van der Waals surface area contributed by atoms with Crippen LogP contribution in [-0.4, -0.2) is 43.9 Å². The highest BCUT2D eigenvalue weighted by Gasteiger charge is 2.24. The zero-order chi connectivity index (χ0) is 19.5. The van der Waals surface area contributed by atoms with Gasteiger partial charge in [0.2, 0.25) is 0 Å². The number of likely N-dealkylation sites (N-methyl/N-ethyl adjacent to an activating group) is 1. The number of nitrogens with one attached hydrogen (secondary N) is 1. The van der Waals surface area contributed by atoms with Crippen molar-refractivity contribution >= 4 is 17.7 Å². The van der Waals surface area contributed by atoms with Gasteiger partial charge in [-0.15, -0.1) is 11.8 Å². The molecule has 0 saturated carbocycles. The van der Waals surface area contributed by atoms with Gasteiger partial charge < -0.3 is 15.0 Å². The quantitative estimate of drug-likeness (QED) is 0.799. The molecule has 0 aromatic heterocycles. The molecule has 1 aliphatic carbocycles. The minimum absolute atomic E-state index is 0.0452. The molecular formula is C23H28N2O2S. The van der Waals surface area contributed by atoms with Crippen LogP contribution in [0, 0.1) is 0 Å². The Morgan fingerprint density at radius 2 is 2.18 bits per heavy atom. The number of amides is 1. The Balaban J connectivity index is 1.38. The third-order valence-electron chi connectivity index (χ3n) is 5.87. The van der Waals surface area contributed by atoms with Gasteiger partial charge in [0.05, 0.1) is 18.6 Å². The molecule has 0 saturated heterocycles. The van der Waals surface area contributed by atoms with Gasteiger partial charge in [0.15, 0.2) is 0 Å². The SMILES string of the molecule is COc1cccc2c1CCCC2CN(C)CCc1ccc2c(c1)SCNC2=O. The summed E-state index contributed by atoms with van der Waals surface area (Å²) in [6.45, 7) is 2.09. The van der Waals surface area contributed by atoms with Gasteiger partial charge in [0, 0.05) is 18.0 Å². The van der Waals surface area contributed by atoms with Gasteiger partial charge >= 0.3 is 0 Å². The number of carbonyl (C=O) groups is 1. The van der Waals surface area contributed by atoms with Crippen LogP contribution in [0.1, 0.15) is 45.8 Å². The topological polar surface area (TPSA) is 41.6 Å². The average molecular weight is 397 g/mol. The molecule has 2 aliphatic rings. The first-order chi connectivity index (χ1) is 13.7. The molecule has 5 heteroatoms. The largest absolute Gasteiger partial charge is 0.496 e. The monoisotopic (exact) mass is 396 g/mol. The van der Waals surface area contributed by atoms with Crippen molar-refractivity contribution in [1.29, 1.82) is 0 Å². The molecular weight excluding hydrogens is 368 g/mol. The van der Waals surface area contributed by atoms with E-state index in [0.29, 0.717) is 11.8 Å². The van der Waals surface area contributed by atoms with E-state index in [1.54, 1.807) is 18.9 Å². The molecule has 1 N–H and O–H groups in total. The molecule has 2 aromatic rings. The highest BCUT2D eigenvalue weighted by Crippen LogP contribution is 2.37. The number of benzene rings is 2. The van der Waals surface area contributed by atoms with Crippen molar-refractivity contribution in [3.05, 3.63) is 58.7 Å². The minimum atomic E-state index is 0.0452. The van der Waals surface area contributed by atoms with Crippen molar-refractivity contribution in [2.75, 3.05) is 33.1 Å². The van der Waals surface area contributed by atoms with E-state index in [0.717, 1.165) is 42.1 Å². The maximum absolute atomic E-state index is 11.9. The standard InChI is InChI=1S/C23H28N2O2S/c1-25(12-11-16-9-10-20-22(13-16)28-15-24-23(20)26)14-17-5-3-7-19-18(17)6-4-8-21(19)27-2/h4,6,8-10,13,17H,3,5,7,11-12,14-15H2,1-2H3,(H,24,26). The summed E-state index contributed by atoms with van der Waals surface area (Å²) in [7, 11) is 3.99. The van der Waals surface area contributed by atoms with Crippen molar-refractivity contribution in [3.8, 4) is 5.75 Å². The lowest BCUT2D eigenvalue weighted by molar-refractivity contribution is 0.0955. The van der Waals surface area contributed by atoms with Crippen molar-refractivity contribution in [2.24, 2.45) is 0 Å². The number of hydrogen-bond acceptors (Lipinski definition) is 4. The second-order valence-electron chi connectivity index (χ2n) is 7.75. The van der Waals surface area contributed by atoms with E-state index in [2.05, 4.69) is 47.6 Å². The van der Waals surface area contributed by atoms with Gasteiger partial charge in [-0.2, -0.15) is 0 Å². The third-order valence-corrected chi connectivity index (χ3v) is 6.81. The number of hydrogen-bond donors (Lipinski definition) is 1. The number of methoxy groups -OCH3 is 1. The fourth-order valence-corrected chi connectivity index (χ4v) is 5.30. The Bertz CT molecular complexity index is 868. The van der Waals surface area contributed by atoms with Crippen LogP contribution in [0.15, 0.2) is 41.3 Å². The first-order valence-electron chi connectivity index (χ1n) is 10.0. The van der Waals surface area contributed by atoms with Crippen LogP contribution in [0.25, 0.3) is 0 Å². The summed E-state index contributed by atoms with van der Waals surface area (Å²) in [5, 5.41) is 2.88. The van der Waals surface area contributed by atoms with E-state index in [1.165, 1.54) is 29.5 Å². The van der Waals surface area contributed by atoms with Crippen molar-refractivity contribution in [1.82, 2.24) is 10.2 Å². The summed E-state index contributed by atoms with van der Waals surface area (Å²) in [4.78, 5) is 15.4. The number of nitrogens with zero attached hydrogens (tertiary/aromatic N) is 1. The van der Waals surface area contributed by atoms with Crippen molar-refractivity contribution < 1.29 is 9.53 Å². The van der Waals surface area contributed by atoms with Crippen LogP contribution >= 0.6 is 11.8 Å². The van der Waals surface area contributed by atoms with E-state index in [9.17, 15) is 4.79 Å². The summed E-state index contributed by atoms with van der Waals surface area (Å²) in [5.41, 5.74) is 4.98. The maximum atomic E-state index is 11.9. The maximum Gasteiger partial charge on any atom is 0.253 e. The van der Waals surface area contributed by atoms with Gasteiger partial charge in [-0.1, -0.05) is 18.2 Å². The highest BCUT2D eigenvalue weighted by atomic mass is 32.2. The molecule has 1 atom stereocenters. The molecule has 0 radical (unpaired) electrons. The highest BCUT2D eigenvalue weighted by molar-refractivity contribution is 7.99. The van der Waals surface area contributed by atoms with Gasteiger partial charge in [0.1, 0.15) is 5.75 Å². The lowest BCUT2D eigenvalue weighted by Gasteiger charge is -2.30. The summed E-state index contributed by atoms with van der Waals surface area (Å²) in [6, 6.07) is 12.7. The first kappa shape index (κ1) is 19.3. The summed E-state index contributed by atoms with van der Waals surface area (Å²) < 4.78 is 5.58.